The fourth-order valence-electron chi connectivity index (χ4n) is 1.45. The smallest absolute Gasteiger partial charge is 0.354 e. The molecule has 102 valence electrons. The number of carbonyl (C=O) groups excluding carboxylic acids is 1. The number of aromatic carboxylic acids is 1. The summed E-state index contributed by atoms with van der Waals surface area (Å²) in [6.45, 7) is 0. The minimum absolute atomic E-state index is 0.0754. The van der Waals surface area contributed by atoms with Gasteiger partial charge in [0.05, 0.1) is 11.9 Å². The average molecular weight is 383 g/mol. The Bertz CT molecular complexity index is 644. The van der Waals surface area contributed by atoms with Gasteiger partial charge in [-0.25, -0.2) is 14.6 Å². The summed E-state index contributed by atoms with van der Waals surface area (Å²) in [5.74, 6) is -1.11. The standard InChI is InChI=1S/C13H10IN3O3/c14-8-2-1-3-9(6-8)16-13(20)17-10-4-5-11(12(18)19)15-7-10/h1-7H,(H,18,19)(H2,16,17,20). The quantitative estimate of drug-likeness (QED) is 0.711. The van der Waals surface area contributed by atoms with E-state index in [4.69, 9.17) is 5.11 Å². The maximum atomic E-state index is 11.7. The van der Waals surface area contributed by atoms with E-state index in [0.29, 0.717) is 11.4 Å². The summed E-state index contributed by atoms with van der Waals surface area (Å²) in [7, 11) is 0. The summed E-state index contributed by atoms with van der Waals surface area (Å²) >= 11 is 2.15. The number of carboxylic acid groups (broad SMARTS) is 1. The van der Waals surface area contributed by atoms with Crippen molar-refractivity contribution in [3.05, 3.63) is 51.9 Å². The first-order valence-corrected chi connectivity index (χ1v) is 6.65. The van der Waals surface area contributed by atoms with Gasteiger partial charge >= 0.3 is 12.0 Å². The van der Waals surface area contributed by atoms with Crippen LogP contribution in [0.15, 0.2) is 42.6 Å². The normalized spacial score (nSPS) is 9.85. The molecule has 0 saturated carbocycles. The molecule has 7 heteroatoms. The molecular formula is C13H10IN3O3. The number of anilines is 2. The summed E-state index contributed by atoms with van der Waals surface area (Å²) in [6.07, 6.45) is 1.29. The zero-order chi connectivity index (χ0) is 14.5. The zero-order valence-electron chi connectivity index (χ0n) is 10.1. The predicted octanol–water partition coefficient (Wildman–Crippen LogP) is 3.03. The fraction of sp³-hybridized carbons (Fsp3) is 0. The molecular weight excluding hydrogens is 373 g/mol. The van der Waals surface area contributed by atoms with Crippen molar-refractivity contribution in [2.45, 2.75) is 0 Å². The number of hydrogen-bond donors (Lipinski definition) is 3. The van der Waals surface area contributed by atoms with Crippen LogP contribution in [0.2, 0.25) is 0 Å². The third-order valence-electron chi connectivity index (χ3n) is 2.32. The molecule has 0 bridgehead atoms. The summed E-state index contributed by atoms with van der Waals surface area (Å²) in [6, 6.07) is 9.73. The van der Waals surface area contributed by atoms with Crippen LogP contribution in [0.3, 0.4) is 0 Å². The maximum Gasteiger partial charge on any atom is 0.354 e. The number of aromatic nitrogens is 1. The molecule has 0 aliphatic rings. The van der Waals surface area contributed by atoms with Crippen molar-refractivity contribution in [1.82, 2.24) is 4.98 Å². The van der Waals surface area contributed by atoms with E-state index in [-0.39, 0.29) is 5.69 Å². The first-order valence-electron chi connectivity index (χ1n) is 5.57. The number of benzene rings is 1. The molecule has 0 spiro atoms. The lowest BCUT2D eigenvalue weighted by atomic mass is 10.3. The highest BCUT2D eigenvalue weighted by atomic mass is 127. The Morgan fingerprint density at radius 1 is 1.10 bits per heavy atom. The molecule has 6 nitrogen and oxygen atoms in total. The lowest BCUT2D eigenvalue weighted by Crippen LogP contribution is -2.19. The van der Waals surface area contributed by atoms with Crippen molar-refractivity contribution < 1.29 is 14.7 Å². The van der Waals surface area contributed by atoms with Crippen LogP contribution in [0.1, 0.15) is 10.5 Å². The highest BCUT2D eigenvalue weighted by molar-refractivity contribution is 14.1. The summed E-state index contributed by atoms with van der Waals surface area (Å²) in [4.78, 5) is 26.1. The van der Waals surface area contributed by atoms with E-state index < -0.39 is 12.0 Å². The number of urea groups is 1. The van der Waals surface area contributed by atoms with Gasteiger partial charge in [-0.05, 0) is 52.9 Å². The van der Waals surface area contributed by atoms with Crippen LogP contribution in [0.25, 0.3) is 0 Å². The Balaban J connectivity index is 1.99. The highest BCUT2D eigenvalue weighted by Crippen LogP contribution is 2.13. The lowest BCUT2D eigenvalue weighted by Gasteiger charge is -2.07. The maximum absolute atomic E-state index is 11.7. The average Bonchev–Trinajstić information content (AvgIpc) is 2.39. The van der Waals surface area contributed by atoms with Gasteiger partial charge in [0.25, 0.3) is 0 Å². The number of nitrogens with one attached hydrogen (secondary N) is 2. The van der Waals surface area contributed by atoms with Gasteiger partial charge in [-0.3, -0.25) is 0 Å². The van der Waals surface area contributed by atoms with Crippen LogP contribution in [-0.2, 0) is 0 Å². The molecule has 2 rings (SSSR count). The second-order valence-corrected chi connectivity index (χ2v) is 5.07. The van der Waals surface area contributed by atoms with Crippen molar-refractivity contribution in [3.63, 3.8) is 0 Å². The predicted molar refractivity (Wildman–Crippen MR) is 83.0 cm³/mol. The third-order valence-corrected chi connectivity index (χ3v) is 2.99. The van der Waals surface area contributed by atoms with Gasteiger partial charge < -0.3 is 15.7 Å². The van der Waals surface area contributed by atoms with Crippen molar-refractivity contribution in [2.75, 3.05) is 10.6 Å². The first kappa shape index (κ1) is 14.3. The molecule has 0 unspecified atom stereocenters. The van der Waals surface area contributed by atoms with Crippen LogP contribution < -0.4 is 10.6 Å². The Hall–Kier alpha value is -2.16. The van der Waals surface area contributed by atoms with Crippen LogP contribution in [0, 0.1) is 3.57 Å². The molecule has 3 N–H and O–H groups in total. The van der Waals surface area contributed by atoms with Crippen LogP contribution in [0.5, 0.6) is 0 Å². The second kappa shape index (κ2) is 6.33. The molecule has 0 radical (unpaired) electrons. The minimum Gasteiger partial charge on any atom is -0.477 e. The van der Waals surface area contributed by atoms with E-state index in [1.807, 2.05) is 18.2 Å². The molecule has 1 aromatic heterocycles. The monoisotopic (exact) mass is 383 g/mol. The molecule has 0 saturated heterocycles. The minimum atomic E-state index is -1.11. The van der Waals surface area contributed by atoms with Gasteiger partial charge in [0.2, 0.25) is 0 Å². The second-order valence-electron chi connectivity index (χ2n) is 3.83. The number of carbonyl (C=O) groups is 2. The van der Waals surface area contributed by atoms with Gasteiger partial charge in [-0.2, -0.15) is 0 Å². The van der Waals surface area contributed by atoms with E-state index in [0.717, 1.165) is 3.57 Å². The van der Waals surface area contributed by atoms with Gasteiger partial charge in [-0.1, -0.05) is 6.07 Å². The molecule has 2 aromatic rings. The number of halogens is 1. The van der Waals surface area contributed by atoms with E-state index in [9.17, 15) is 9.59 Å². The molecule has 1 aromatic carbocycles. The van der Waals surface area contributed by atoms with Crippen molar-refractivity contribution in [3.8, 4) is 0 Å². The summed E-state index contributed by atoms with van der Waals surface area (Å²) in [5.41, 5.74) is 1.01. The van der Waals surface area contributed by atoms with Crippen LogP contribution in [-0.4, -0.2) is 22.1 Å². The topological polar surface area (TPSA) is 91.3 Å². The zero-order valence-corrected chi connectivity index (χ0v) is 12.3. The summed E-state index contributed by atoms with van der Waals surface area (Å²) in [5, 5.41) is 14.0. The van der Waals surface area contributed by atoms with E-state index >= 15 is 0 Å². The van der Waals surface area contributed by atoms with E-state index in [2.05, 4.69) is 38.2 Å². The number of carboxylic acids is 1. The Kier molecular flexibility index (Phi) is 4.51. The van der Waals surface area contributed by atoms with Gasteiger partial charge in [0.15, 0.2) is 0 Å². The largest absolute Gasteiger partial charge is 0.477 e. The van der Waals surface area contributed by atoms with E-state index in [1.54, 1.807) is 6.07 Å². The van der Waals surface area contributed by atoms with Crippen molar-refractivity contribution in [2.24, 2.45) is 0 Å². The van der Waals surface area contributed by atoms with Crippen LogP contribution in [0.4, 0.5) is 16.2 Å². The molecule has 2 amide bonds. The van der Waals surface area contributed by atoms with Crippen molar-refractivity contribution in [1.29, 1.82) is 0 Å². The third kappa shape index (κ3) is 3.92. The lowest BCUT2D eigenvalue weighted by molar-refractivity contribution is 0.0690. The van der Waals surface area contributed by atoms with Crippen molar-refractivity contribution >= 4 is 46.0 Å². The molecule has 0 fully saturated rings. The Morgan fingerprint density at radius 2 is 1.85 bits per heavy atom. The van der Waals surface area contributed by atoms with E-state index in [1.165, 1.54) is 18.3 Å². The van der Waals surface area contributed by atoms with Gasteiger partial charge in [0, 0.05) is 9.26 Å². The fourth-order valence-corrected chi connectivity index (χ4v) is 2.00. The molecule has 0 aliphatic heterocycles. The number of pyridine rings is 1. The Morgan fingerprint density at radius 3 is 2.45 bits per heavy atom. The molecule has 0 aliphatic carbocycles. The molecule has 1 heterocycles. The number of nitrogens with zero attached hydrogens (tertiary/aromatic N) is 1. The number of amides is 2. The number of rotatable bonds is 3. The SMILES string of the molecule is O=C(Nc1ccc(C(=O)O)nc1)Nc1cccc(I)c1. The molecule has 0 atom stereocenters. The van der Waals surface area contributed by atoms with Crippen LogP contribution >= 0.6 is 22.6 Å². The first-order chi connectivity index (χ1) is 9.54. The molecule has 20 heavy (non-hydrogen) atoms. The van der Waals surface area contributed by atoms with Gasteiger partial charge in [0.1, 0.15) is 5.69 Å². The Labute approximate surface area is 128 Å². The van der Waals surface area contributed by atoms with Gasteiger partial charge in [-0.15, -0.1) is 0 Å². The number of hydrogen-bond acceptors (Lipinski definition) is 3. The highest BCUT2D eigenvalue weighted by Gasteiger charge is 2.06. The summed E-state index contributed by atoms with van der Waals surface area (Å²) < 4.78 is 1.01.